The summed E-state index contributed by atoms with van der Waals surface area (Å²) in [5.74, 6) is 0.00764. The van der Waals surface area contributed by atoms with Gasteiger partial charge in [0, 0.05) is 22.2 Å². The molecule has 0 aliphatic rings. The number of hydrogen-bond donors (Lipinski definition) is 2. The predicted molar refractivity (Wildman–Crippen MR) is 99.4 cm³/mol. The van der Waals surface area contributed by atoms with Crippen LogP contribution in [0.3, 0.4) is 0 Å². The minimum atomic E-state index is -0.818. The van der Waals surface area contributed by atoms with Gasteiger partial charge >= 0.3 is 5.97 Å². The van der Waals surface area contributed by atoms with E-state index in [0.717, 1.165) is 52.7 Å². The van der Waals surface area contributed by atoms with Gasteiger partial charge in [0.25, 0.3) is 0 Å². The van der Waals surface area contributed by atoms with Crippen molar-refractivity contribution in [1.82, 2.24) is 4.98 Å². The average Bonchev–Trinajstić information content (AvgIpc) is 2.91. The first-order chi connectivity index (χ1) is 12.1. The Morgan fingerprint density at radius 3 is 2.52 bits per heavy atom. The van der Waals surface area contributed by atoms with Crippen molar-refractivity contribution in [3.05, 3.63) is 64.8 Å². The van der Waals surface area contributed by atoms with E-state index in [1.807, 2.05) is 25.1 Å². The van der Waals surface area contributed by atoms with Gasteiger partial charge < -0.3 is 14.8 Å². The third-order valence-electron chi connectivity index (χ3n) is 4.63. The Balaban J connectivity index is 1.94. The van der Waals surface area contributed by atoms with E-state index >= 15 is 0 Å². The molecule has 25 heavy (non-hydrogen) atoms. The molecule has 0 saturated carbocycles. The van der Waals surface area contributed by atoms with Gasteiger partial charge in [-0.2, -0.15) is 0 Å². The molecule has 1 aromatic heterocycles. The highest BCUT2D eigenvalue weighted by Crippen LogP contribution is 2.33. The standard InChI is InChI=1S/C21H23NO3/c1-14-17(13-20(23)24)21-16(19(25-2)12-11-18(21)22-14)10-6-9-15-7-4-3-5-8-15/h3-5,7-8,11-12,22H,6,9-10,13H2,1-2H3,(H,23,24). The van der Waals surface area contributed by atoms with Crippen LogP contribution in [0.1, 0.15) is 28.8 Å². The zero-order valence-corrected chi connectivity index (χ0v) is 14.6. The van der Waals surface area contributed by atoms with Crippen LogP contribution in [-0.2, 0) is 24.1 Å². The maximum Gasteiger partial charge on any atom is 0.307 e. The first kappa shape index (κ1) is 17.1. The summed E-state index contributed by atoms with van der Waals surface area (Å²) in [4.78, 5) is 14.6. The molecule has 0 unspecified atom stereocenters. The Hall–Kier alpha value is -2.75. The fourth-order valence-corrected chi connectivity index (χ4v) is 3.47. The molecule has 0 radical (unpaired) electrons. The van der Waals surface area contributed by atoms with Gasteiger partial charge in [0.1, 0.15) is 5.75 Å². The van der Waals surface area contributed by atoms with Crippen LogP contribution < -0.4 is 4.74 Å². The number of aromatic amines is 1. The minimum Gasteiger partial charge on any atom is -0.496 e. The second kappa shape index (κ2) is 7.43. The normalized spacial score (nSPS) is 11.0. The molecule has 2 N–H and O–H groups in total. The number of carboxylic acids is 1. The fraction of sp³-hybridized carbons (Fsp3) is 0.286. The molecule has 1 heterocycles. The molecule has 0 spiro atoms. The molecule has 4 heteroatoms. The summed E-state index contributed by atoms with van der Waals surface area (Å²) >= 11 is 0. The summed E-state index contributed by atoms with van der Waals surface area (Å²) in [6.07, 6.45) is 2.83. The Kier molecular flexibility index (Phi) is 5.08. The van der Waals surface area contributed by atoms with Gasteiger partial charge in [-0.05, 0) is 49.4 Å². The van der Waals surface area contributed by atoms with E-state index in [0.29, 0.717) is 0 Å². The molecule has 130 valence electrons. The molecule has 4 nitrogen and oxygen atoms in total. The number of aliphatic carboxylic acids is 1. The number of hydrogen-bond acceptors (Lipinski definition) is 2. The maximum absolute atomic E-state index is 11.3. The van der Waals surface area contributed by atoms with Crippen LogP contribution in [0.5, 0.6) is 5.75 Å². The van der Waals surface area contributed by atoms with Gasteiger partial charge in [-0.15, -0.1) is 0 Å². The molecule has 0 saturated heterocycles. The topological polar surface area (TPSA) is 62.3 Å². The zero-order chi connectivity index (χ0) is 17.8. The highest BCUT2D eigenvalue weighted by atomic mass is 16.5. The zero-order valence-electron chi connectivity index (χ0n) is 14.6. The smallest absolute Gasteiger partial charge is 0.307 e. The van der Waals surface area contributed by atoms with Crippen molar-refractivity contribution in [2.24, 2.45) is 0 Å². The molecule has 0 aliphatic heterocycles. The number of methoxy groups -OCH3 is 1. The Morgan fingerprint density at radius 2 is 1.84 bits per heavy atom. The fourth-order valence-electron chi connectivity index (χ4n) is 3.47. The molecule has 3 rings (SSSR count). The van der Waals surface area contributed by atoms with E-state index in [4.69, 9.17) is 4.74 Å². The lowest BCUT2D eigenvalue weighted by molar-refractivity contribution is -0.136. The van der Waals surface area contributed by atoms with E-state index < -0.39 is 5.97 Å². The molecule has 0 bridgehead atoms. The molecule has 0 aliphatic carbocycles. The first-order valence-corrected chi connectivity index (χ1v) is 8.53. The number of H-pyrrole nitrogens is 1. The second-order valence-electron chi connectivity index (χ2n) is 6.31. The van der Waals surface area contributed by atoms with E-state index in [-0.39, 0.29) is 6.42 Å². The number of fused-ring (bicyclic) bond motifs is 1. The van der Waals surface area contributed by atoms with E-state index in [2.05, 4.69) is 29.2 Å². The number of nitrogens with one attached hydrogen (secondary N) is 1. The van der Waals surface area contributed by atoms with Crippen LogP contribution >= 0.6 is 0 Å². The number of ether oxygens (including phenoxy) is 1. The number of aryl methyl sites for hydroxylation is 3. The minimum absolute atomic E-state index is 0.0185. The van der Waals surface area contributed by atoms with Gasteiger partial charge in [0.2, 0.25) is 0 Å². The van der Waals surface area contributed by atoms with Gasteiger partial charge in [-0.1, -0.05) is 30.3 Å². The largest absolute Gasteiger partial charge is 0.496 e. The highest BCUT2D eigenvalue weighted by Gasteiger charge is 2.18. The molecule has 0 amide bonds. The Bertz CT molecular complexity index is 881. The van der Waals surface area contributed by atoms with E-state index in [1.54, 1.807) is 7.11 Å². The highest BCUT2D eigenvalue weighted by molar-refractivity contribution is 5.92. The van der Waals surface area contributed by atoms with Crippen molar-refractivity contribution in [3.63, 3.8) is 0 Å². The van der Waals surface area contributed by atoms with E-state index in [1.165, 1.54) is 5.56 Å². The van der Waals surface area contributed by atoms with Crippen molar-refractivity contribution < 1.29 is 14.6 Å². The quantitative estimate of drug-likeness (QED) is 0.676. The SMILES string of the molecule is COc1ccc2[nH]c(C)c(CC(=O)O)c2c1CCCc1ccccc1. The van der Waals surface area contributed by atoms with Crippen LogP contribution in [-0.4, -0.2) is 23.2 Å². The number of benzene rings is 2. The van der Waals surface area contributed by atoms with Crippen molar-refractivity contribution in [2.45, 2.75) is 32.6 Å². The Labute approximate surface area is 147 Å². The van der Waals surface area contributed by atoms with Crippen molar-refractivity contribution in [1.29, 1.82) is 0 Å². The average molecular weight is 337 g/mol. The number of aromatic nitrogens is 1. The first-order valence-electron chi connectivity index (χ1n) is 8.53. The predicted octanol–water partition coefficient (Wildman–Crippen LogP) is 4.29. The van der Waals surface area contributed by atoms with Crippen molar-refractivity contribution in [3.8, 4) is 5.75 Å². The van der Waals surface area contributed by atoms with Gasteiger partial charge in [0.15, 0.2) is 0 Å². The molecular formula is C21H23NO3. The van der Waals surface area contributed by atoms with Crippen LogP contribution in [0.4, 0.5) is 0 Å². The summed E-state index contributed by atoms with van der Waals surface area (Å²) in [7, 11) is 1.66. The summed E-state index contributed by atoms with van der Waals surface area (Å²) in [5, 5.41) is 10.3. The Morgan fingerprint density at radius 1 is 1.08 bits per heavy atom. The third kappa shape index (κ3) is 3.68. The lowest BCUT2D eigenvalue weighted by Crippen LogP contribution is -2.02. The molecular weight excluding hydrogens is 314 g/mol. The third-order valence-corrected chi connectivity index (χ3v) is 4.63. The van der Waals surface area contributed by atoms with Crippen LogP contribution in [0.15, 0.2) is 42.5 Å². The monoisotopic (exact) mass is 337 g/mol. The molecule has 3 aromatic rings. The van der Waals surface area contributed by atoms with Crippen LogP contribution in [0.2, 0.25) is 0 Å². The summed E-state index contributed by atoms with van der Waals surface area (Å²) in [6, 6.07) is 14.3. The summed E-state index contributed by atoms with van der Waals surface area (Å²) in [6.45, 7) is 1.93. The summed E-state index contributed by atoms with van der Waals surface area (Å²) < 4.78 is 5.56. The molecule has 0 atom stereocenters. The van der Waals surface area contributed by atoms with Crippen LogP contribution in [0.25, 0.3) is 10.9 Å². The number of carboxylic acid groups (broad SMARTS) is 1. The maximum atomic E-state index is 11.3. The number of rotatable bonds is 7. The van der Waals surface area contributed by atoms with Gasteiger partial charge in [-0.3, -0.25) is 4.79 Å². The van der Waals surface area contributed by atoms with Crippen molar-refractivity contribution in [2.75, 3.05) is 7.11 Å². The lowest BCUT2D eigenvalue weighted by Gasteiger charge is -2.12. The van der Waals surface area contributed by atoms with Gasteiger partial charge in [0.05, 0.1) is 13.5 Å². The van der Waals surface area contributed by atoms with E-state index in [9.17, 15) is 9.90 Å². The van der Waals surface area contributed by atoms with Crippen LogP contribution in [0, 0.1) is 6.92 Å². The second-order valence-corrected chi connectivity index (χ2v) is 6.31. The molecule has 2 aromatic carbocycles. The van der Waals surface area contributed by atoms with Gasteiger partial charge in [-0.25, -0.2) is 0 Å². The number of carbonyl (C=O) groups is 1. The lowest BCUT2D eigenvalue weighted by atomic mass is 9.96. The molecule has 0 fully saturated rings. The summed E-state index contributed by atoms with van der Waals surface area (Å²) in [5.41, 5.74) is 5.15. The van der Waals surface area contributed by atoms with Crippen molar-refractivity contribution >= 4 is 16.9 Å².